The zero-order chi connectivity index (χ0) is 21.4. The van der Waals surface area contributed by atoms with E-state index in [0.29, 0.717) is 31.6 Å². The predicted molar refractivity (Wildman–Crippen MR) is 132 cm³/mol. The Kier molecular flexibility index (Phi) is 11.3. The zero-order valence-electron chi connectivity index (χ0n) is 18.5. The van der Waals surface area contributed by atoms with Crippen LogP contribution in [0.4, 0.5) is 0 Å². The van der Waals surface area contributed by atoms with Crippen molar-refractivity contribution < 1.29 is 17.9 Å². The molecule has 2 saturated heterocycles. The number of ether oxygens (including phenoxy) is 1. The molecule has 0 aromatic rings. The Morgan fingerprint density at radius 2 is 1.87 bits per heavy atom. The van der Waals surface area contributed by atoms with Crippen molar-refractivity contribution in [1.82, 2.24) is 20.3 Å². The fourth-order valence-corrected chi connectivity index (χ4v) is 5.42. The molecule has 3 fully saturated rings. The lowest BCUT2D eigenvalue weighted by Gasteiger charge is -2.23. The molecular formula is C20H38IN5O4S. The second kappa shape index (κ2) is 13.1. The van der Waals surface area contributed by atoms with Crippen molar-refractivity contribution in [3.05, 3.63) is 0 Å². The number of carbonyl (C=O) groups excluding carboxylic acids is 1. The van der Waals surface area contributed by atoms with Gasteiger partial charge in [0.2, 0.25) is 15.9 Å². The number of sulfonamides is 1. The van der Waals surface area contributed by atoms with Crippen LogP contribution in [-0.4, -0.2) is 82.9 Å². The van der Waals surface area contributed by atoms with E-state index in [0.717, 1.165) is 57.9 Å². The van der Waals surface area contributed by atoms with E-state index >= 15 is 0 Å². The summed E-state index contributed by atoms with van der Waals surface area (Å²) >= 11 is 0. The number of guanidine groups is 1. The van der Waals surface area contributed by atoms with E-state index in [9.17, 15) is 13.2 Å². The summed E-state index contributed by atoms with van der Waals surface area (Å²) in [5, 5.41) is 6.40. The minimum atomic E-state index is -3.37. The summed E-state index contributed by atoms with van der Waals surface area (Å²) < 4.78 is 32.6. The van der Waals surface area contributed by atoms with Gasteiger partial charge in [0.25, 0.3) is 0 Å². The average Bonchev–Trinajstić information content (AvgIpc) is 3.44. The van der Waals surface area contributed by atoms with Gasteiger partial charge in [-0.3, -0.25) is 9.79 Å². The Morgan fingerprint density at radius 1 is 1.13 bits per heavy atom. The lowest BCUT2D eigenvalue weighted by atomic mass is 10.1. The number of hydrogen-bond donors (Lipinski definition) is 3. The van der Waals surface area contributed by atoms with Crippen LogP contribution < -0.4 is 15.4 Å². The number of likely N-dealkylation sites (tertiary alicyclic amines) is 1. The molecule has 0 radical (unpaired) electrons. The van der Waals surface area contributed by atoms with E-state index in [2.05, 4.69) is 20.3 Å². The molecule has 1 aliphatic carbocycles. The van der Waals surface area contributed by atoms with Crippen LogP contribution in [0.2, 0.25) is 0 Å². The summed E-state index contributed by atoms with van der Waals surface area (Å²) in [6, 6.07) is 0.139. The maximum Gasteiger partial charge on any atom is 0.225 e. The smallest absolute Gasteiger partial charge is 0.225 e. The first kappa shape index (κ1) is 26.6. The van der Waals surface area contributed by atoms with Crippen LogP contribution in [0.25, 0.3) is 0 Å². The third kappa shape index (κ3) is 8.65. The quantitative estimate of drug-likeness (QED) is 0.228. The van der Waals surface area contributed by atoms with Crippen LogP contribution in [0.3, 0.4) is 0 Å². The second-order valence-corrected chi connectivity index (χ2v) is 10.5. The maximum absolute atomic E-state index is 12.6. The van der Waals surface area contributed by atoms with Gasteiger partial charge in [0.1, 0.15) is 0 Å². The Balaban J connectivity index is 0.00000341. The molecule has 2 aliphatic heterocycles. The molecule has 3 aliphatic rings. The lowest BCUT2D eigenvalue weighted by Crippen LogP contribution is -2.47. The van der Waals surface area contributed by atoms with Gasteiger partial charge in [0.15, 0.2) is 5.96 Å². The van der Waals surface area contributed by atoms with Crippen molar-refractivity contribution in [3.63, 3.8) is 0 Å². The number of nitrogens with one attached hydrogen (secondary N) is 3. The largest absolute Gasteiger partial charge is 0.377 e. The molecule has 2 heterocycles. The standard InChI is InChI=1S/C20H37N5O4S.HI/c1-21-20(22-10-13-30(27,28)23-14-18-8-4-5-12-29-18)24-17-9-11-25(15-17)19(26)16-6-2-3-7-16;/h16-18,23H,2-15H2,1H3,(H2,21,22,24);1H. The molecule has 9 nitrogen and oxygen atoms in total. The molecule has 1 saturated carbocycles. The number of nitrogens with zero attached hydrogens (tertiary/aromatic N) is 2. The van der Waals surface area contributed by atoms with Crippen LogP contribution in [-0.2, 0) is 19.6 Å². The Hall–Kier alpha value is -0.660. The van der Waals surface area contributed by atoms with Crippen LogP contribution in [0.15, 0.2) is 4.99 Å². The molecule has 0 bridgehead atoms. The van der Waals surface area contributed by atoms with Gasteiger partial charge in [0.05, 0.1) is 11.9 Å². The van der Waals surface area contributed by atoms with E-state index in [1.807, 2.05) is 4.90 Å². The van der Waals surface area contributed by atoms with Gasteiger partial charge >= 0.3 is 0 Å². The first-order valence-electron chi connectivity index (χ1n) is 11.3. The number of rotatable bonds is 8. The van der Waals surface area contributed by atoms with Crippen molar-refractivity contribution >= 4 is 45.9 Å². The molecule has 0 aromatic heterocycles. The summed E-state index contributed by atoms with van der Waals surface area (Å²) in [4.78, 5) is 18.7. The molecule has 2 atom stereocenters. The minimum absolute atomic E-state index is 0. The SMILES string of the molecule is CN=C(NCCS(=O)(=O)NCC1CCCCO1)NC1CCN(C(=O)C2CCCC2)C1.I. The number of amides is 1. The summed E-state index contributed by atoms with van der Waals surface area (Å²) in [5.74, 6) is 1.04. The number of carbonyl (C=O) groups is 1. The highest BCUT2D eigenvalue weighted by Crippen LogP contribution is 2.27. The number of halogens is 1. The van der Waals surface area contributed by atoms with Gasteiger partial charge in [-0.25, -0.2) is 13.1 Å². The van der Waals surface area contributed by atoms with Gasteiger partial charge in [-0.15, -0.1) is 24.0 Å². The number of hydrogen-bond acceptors (Lipinski definition) is 5. The average molecular weight is 572 g/mol. The van der Waals surface area contributed by atoms with E-state index in [1.54, 1.807) is 7.05 Å². The van der Waals surface area contributed by atoms with Gasteiger partial charge in [0, 0.05) is 51.8 Å². The third-order valence-electron chi connectivity index (χ3n) is 6.24. The molecule has 0 spiro atoms. The molecule has 180 valence electrons. The molecule has 1 amide bonds. The summed E-state index contributed by atoms with van der Waals surface area (Å²) in [5.41, 5.74) is 0. The van der Waals surface area contributed by atoms with Crippen LogP contribution in [0, 0.1) is 5.92 Å². The van der Waals surface area contributed by atoms with E-state index < -0.39 is 10.0 Å². The minimum Gasteiger partial charge on any atom is -0.377 e. The van der Waals surface area contributed by atoms with Gasteiger partial charge < -0.3 is 20.3 Å². The van der Waals surface area contributed by atoms with Crippen molar-refractivity contribution in [2.45, 2.75) is 63.5 Å². The summed E-state index contributed by atoms with van der Waals surface area (Å²) in [6.45, 7) is 2.75. The predicted octanol–water partition coefficient (Wildman–Crippen LogP) is 1.05. The first-order valence-corrected chi connectivity index (χ1v) is 13.0. The Morgan fingerprint density at radius 3 is 2.55 bits per heavy atom. The second-order valence-electron chi connectivity index (χ2n) is 8.55. The van der Waals surface area contributed by atoms with Crippen molar-refractivity contribution in [2.75, 3.05) is 45.6 Å². The normalized spacial score (nSPS) is 25.3. The van der Waals surface area contributed by atoms with Crippen LogP contribution >= 0.6 is 24.0 Å². The highest BCUT2D eigenvalue weighted by molar-refractivity contribution is 14.0. The maximum atomic E-state index is 12.6. The summed E-state index contributed by atoms with van der Waals surface area (Å²) in [6.07, 6.45) is 8.25. The highest BCUT2D eigenvalue weighted by Gasteiger charge is 2.32. The van der Waals surface area contributed by atoms with Gasteiger partial charge in [-0.1, -0.05) is 12.8 Å². The van der Waals surface area contributed by atoms with Crippen molar-refractivity contribution in [1.29, 1.82) is 0 Å². The van der Waals surface area contributed by atoms with E-state index in [4.69, 9.17) is 4.74 Å². The third-order valence-corrected chi connectivity index (χ3v) is 7.59. The highest BCUT2D eigenvalue weighted by atomic mass is 127. The Labute approximate surface area is 203 Å². The number of aliphatic imine (C=N–C) groups is 1. The zero-order valence-corrected chi connectivity index (χ0v) is 21.6. The fraction of sp³-hybridized carbons (Fsp3) is 0.900. The topological polar surface area (TPSA) is 112 Å². The molecule has 3 rings (SSSR count). The van der Waals surface area contributed by atoms with E-state index in [-0.39, 0.29) is 54.3 Å². The molecule has 11 heteroatoms. The summed E-state index contributed by atoms with van der Waals surface area (Å²) in [7, 11) is -1.70. The first-order chi connectivity index (χ1) is 14.5. The fourth-order valence-electron chi connectivity index (χ4n) is 4.46. The molecule has 2 unspecified atom stereocenters. The van der Waals surface area contributed by atoms with Crippen molar-refractivity contribution in [3.8, 4) is 0 Å². The Bertz CT molecular complexity index is 694. The van der Waals surface area contributed by atoms with Gasteiger partial charge in [-0.05, 0) is 38.5 Å². The lowest BCUT2D eigenvalue weighted by molar-refractivity contribution is -0.134. The molecule has 0 aromatic carbocycles. The van der Waals surface area contributed by atoms with Crippen LogP contribution in [0.1, 0.15) is 51.4 Å². The molecular weight excluding hydrogens is 533 g/mol. The van der Waals surface area contributed by atoms with E-state index in [1.165, 1.54) is 0 Å². The van der Waals surface area contributed by atoms with Crippen LogP contribution in [0.5, 0.6) is 0 Å². The molecule has 3 N–H and O–H groups in total. The van der Waals surface area contributed by atoms with Crippen molar-refractivity contribution in [2.24, 2.45) is 10.9 Å². The molecule has 31 heavy (non-hydrogen) atoms. The van der Waals surface area contributed by atoms with Gasteiger partial charge in [-0.2, -0.15) is 0 Å². The monoisotopic (exact) mass is 571 g/mol.